The van der Waals surface area contributed by atoms with Crippen molar-refractivity contribution >= 4 is 11.3 Å². The Morgan fingerprint density at radius 3 is 2.15 bits per heavy atom. The van der Waals surface area contributed by atoms with Crippen LogP contribution >= 0.6 is 11.3 Å². The molecular weight excluding hydrogens is 350 g/mol. The van der Waals surface area contributed by atoms with E-state index in [1.165, 1.54) is 37.8 Å². The Morgan fingerprint density at radius 2 is 1.56 bits per heavy atom. The summed E-state index contributed by atoms with van der Waals surface area (Å²) >= 11 is 1.86. The highest BCUT2D eigenvalue weighted by molar-refractivity contribution is 7.15. The predicted molar refractivity (Wildman–Crippen MR) is 118 cm³/mol. The minimum absolute atomic E-state index is 0.319. The molecule has 0 amide bonds. The van der Waals surface area contributed by atoms with Gasteiger partial charge >= 0.3 is 0 Å². The van der Waals surface area contributed by atoms with E-state index in [9.17, 15) is 0 Å². The molecule has 0 fully saturated rings. The van der Waals surface area contributed by atoms with Crippen molar-refractivity contribution in [2.75, 3.05) is 6.61 Å². The van der Waals surface area contributed by atoms with E-state index in [4.69, 9.17) is 10.1 Å². The highest BCUT2D eigenvalue weighted by Crippen LogP contribution is 2.35. The summed E-state index contributed by atoms with van der Waals surface area (Å²) in [7, 11) is 0. The smallest absolute Gasteiger partial charge is 0.124 e. The fraction of sp³-hybridized carbons (Fsp3) is 0.375. The molecule has 1 N–H and O–H groups in total. The Hall–Kier alpha value is -1.97. The van der Waals surface area contributed by atoms with E-state index < -0.39 is 0 Å². The van der Waals surface area contributed by atoms with E-state index >= 15 is 0 Å². The fourth-order valence-electron chi connectivity index (χ4n) is 3.00. The molecule has 0 aliphatic rings. The number of nitrogens with zero attached hydrogens (tertiary/aromatic N) is 1. The van der Waals surface area contributed by atoms with Crippen LogP contribution in [0.1, 0.15) is 49.7 Å². The van der Waals surface area contributed by atoms with Gasteiger partial charge in [0.2, 0.25) is 0 Å². The number of rotatable bonds is 6. The number of hydrogen-bond donors (Lipinski definition) is 1. The van der Waals surface area contributed by atoms with Crippen molar-refractivity contribution in [3.05, 3.63) is 64.7 Å². The van der Waals surface area contributed by atoms with Gasteiger partial charge in [-0.3, -0.25) is 0 Å². The summed E-state index contributed by atoms with van der Waals surface area (Å²) in [6, 6.07) is 17.2. The van der Waals surface area contributed by atoms with Gasteiger partial charge < -0.3 is 5.11 Å². The van der Waals surface area contributed by atoms with E-state index in [1.807, 2.05) is 18.3 Å². The summed E-state index contributed by atoms with van der Waals surface area (Å²) < 4.78 is 0. The van der Waals surface area contributed by atoms with E-state index in [0.717, 1.165) is 25.7 Å². The van der Waals surface area contributed by atoms with Crippen LogP contribution in [0.2, 0.25) is 0 Å². The standard InChI is InChI=1S/C21H23NS.C3H8O/c1-4-10-19-20(5-2)23-21(22-19)18-14-9-13-17(15(18)3)16-11-7-6-8-12-16;1-2-3-4/h6-9,11-14H,4-5,10H2,1-3H3;4H,2-3H2,1H3. The molecule has 0 saturated heterocycles. The van der Waals surface area contributed by atoms with Crippen molar-refractivity contribution in [2.24, 2.45) is 0 Å². The monoisotopic (exact) mass is 381 g/mol. The minimum Gasteiger partial charge on any atom is -0.396 e. The van der Waals surface area contributed by atoms with Crippen LogP contribution in [0.15, 0.2) is 48.5 Å². The van der Waals surface area contributed by atoms with Gasteiger partial charge in [0.15, 0.2) is 0 Å². The maximum absolute atomic E-state index is 7.88. The molecule has 0 aliphatic carbocycles. The lowest BCUT2D eigenvalue weighted by Crippen LogP contribution is -1.90. The zero-order valence-corrected chi connectivity index (χ0v) is 17.8. The van der Waals surface area contributed by atoms with Crippen LogP contribution in [0, 0.1) is 6.92 Å². The van der Waals surface area contributed by atoms with Gasteiger partial charge in [0.05, 0.1) is 5.69 Å². The first-order chi connectivity index (χ1) is 13.2. The first-order valence-corrected chi connectivity index (χ1v) is 10.7. The van der Waals surface area contributed by atoms with Crippen molar-refractivity contribution in [2.45, 2.75) is 53.4 Å². The summed E-state index contributed by atoms with van der Waals surface area (Å²) in [5.41, 5.74) is 6.45. The van der Waals surface area contributed by atoms with E-state index in [1.54, 1.807) is 0 Å². The summed E-state index contributed by atoms with van der Waals surface area (Å²) in [4.78, 5) is 6.39. The first kappa shape index (κ1) is 21.3. The van der Waals surface area contributed by atoms with Crippen LogP contribution in [0.3, 0.4) is 0 Å². The molecule has 0 unspecified atom stereocenters. The first-order valence-electron chi connectivity index (χ1n) is 9.90. The fourth-order valence-corrected chi connectivity index (χ4v) is 4.13. The van der Waals surface area contributed by atoms with E-state index in [2.05, 4.69) is 69.3 Å². The number of aliphatic hydroxyl groups is 1. The van der Waals surface area contributed by atoms with Gasteiger partial charge in [-0.15, -0.1) is 11.3 Å². The molecule has 3 aromatic rings. The van der Waals surface area contributed by atoms with Crippen LogP contribution in [-0.2, 0) is 12.8 Å². The van der Waals surface area contributed by atoms with Gasteiger partial charge in [-0.05, 0) is 42.9 Å². The molecule has 0 atom stereocenters. The largest absolute Gasteiger partial charge is 0.396 e. The molecule has 3 heteroatoms. The zero-order chi connectivity index (χ0) is 19.6. The second kappa shape index (κ2) is 11.0. The summed E-state index contributed by atoms with van der Waals surface area (Å²) in [6.45, 7) is 8.91. The zero-order valence-electron chi connectivity index (χ0n) is 17.0. The average molecular weight is 382 g/mol. The van der Waals surface area contributed by atoms with Crippen LogP contribution in [0.5, 0.6) is 0 Å². The third-order valence-corrected chi connectivity index (χ3v) is 5.73. The van der Waals surface area contributed by atoms with Crippen molar-refractivity contribution in [1.29, 1.82) is 0 Å². The number of aromatic nitrogens is 1. The summed E-state index contributed by atoms with van der Waals surface area (Å²) in [5.74, 6) is 0. The highest BCUT2D eigenvalue weighted by atomic mass is 32.1. The van der Waals surface area contributed by atoms with E-state index in [0.29, 0.717) is 6.61 Å². The van der Waals surface area contributed by atoms with Crippen molar-refractivity contribution in [1.82, 2.24) is 4.98 Å². The second-order valence-corrected chi connectivity index (χ2v) is 7.64. The molecule has 0 saturated carbocycles. The van der Waals surface area contributed by atoms with Gasteiger partial charge in [0, 0.05) is 17.0 Å². The molecule has 2 aromatic carbocycles. The quantitative estimate of drug-likeness (QED) is 0.516. The Morgan fingerprint density at radius 1 is 0.889 bits per heavy atom. The summed E-state index contributed by atoms with van der Waals surface area (Å²) in [6.07, 6.45) is 4.18. The molecule has 144 valence electrons. The number of benzene rings is 2. The SMILES string of the molecule is CCCO.CCCc1nc(-c2cccc(-c3ccccc3)c2C)sc1CC. The topological polar surface area (TPSA) is 33.1 Å². The van der Waals surface area contributed by atoms with E-state index in [-0.39, 0.29) is 0 Å². The number of aryl methyl sites for hydroxylation is 2. The van der Waals surface area contributed by atoms with Gasteiger partial charge in [0.25, 0.3) is 0 Å². The molecule has 3 rings (SSSR count). The normalized spacial score (nSPS) is 10.4. The van der Waals surface area contributed by atoms with Crippen LogP contribution in [0.25, 0.3) is 21.7 Å². The minimum atomic E-state index is 0.319. The number of hydrogen-bond acceptors (Lipinski definition) is 3. The molecule has 0 aliphatic heterocycles. The molecule has 1 heterocycles. The lowest BCUT2D eigenvalue weighted by Gasteiger charge is -2.10. The van der Waals surface area contributed by atoms with Gasteiger partial charge in [0.1, 0.15) is 5.01 Å². The maximum atomic E-state index is 7.88. The lowest BCUT2D eigenvalue weighted by molar-refractivity contribution is 0.295. The molecule has 27 heavy (non-hydrogen) atoms. The van der Waals surface area contributed by atoms with Gasteiger partial charge in [-0.1, -0.05) is 75.7 Å². The molecular formula is C24H31NOS. The Bertz CT molecular complexity index is 822. The number of thiazole rings is 1. The highest BCUT2D eigenvalue weighted by Gasteiger charge is 2.14. The van der Waals surface area contributed by atoms with Crippen molar-refractivity contribution in [3.8, 4) is 21.7 Å². The average Bonchev–Trinajstić information content (AvgIpc) is 3.12. The van der Waals surface area contributed by atoms with Crippen LogP contribution in [0.4, 0.5) is 0 Å². The van der Waals surface area contributed by atoms with Crippen LogP contribution < -0.4 is 0 Å². The molecule has 0 spiro atoms. The Labute approximate surface area is 167 Å². The van der Waals surface area contributed by atoms with Gasteiger partial charge in [-0.25, -0.2) is 4.98 Å². The Balaban J connectivity index is 0.000000596. The Kier molecular flexibility index (Phi) is 8.70. The van der Waals surface area contributed by atoms with Crippen LogP contribution in [-0.4, -0.2) is 16.7 Å². The second-order valence-electron chi connectivity index (χ2n) is 6.56. The van der Waals surface area contributed by atoms with Crippen molar-refractivity contribution in [3.63, 3.8) is 0 Å². The third kappa shape index (κ3) is 5.50. The molecule has 2 nitrogen and oxygen atoms in total. The number of aliphatic hydroxyl groups excluding tert-OH is 1. The molecule has 1 aromatic heterocycles. The van der Waals surface area contributed by atoms with Gasteiger partial charge in [-0.2, -0.15) is 0 Å². The van der Waals surface area contributed by atoms with Crippen molar-refractivity contribution < 1.29 is 5.11 Å². The molecule has 0 radical (unpaired) electrons. The maximum Gasteiger partial charge on any atom is 0.124 e. The summed E-state index contributed by atoms with van der Waals surface area (Å²) in [5, 5.41) is 9.04. The lowest BCUT2D eigenvalue weighted by atomic mass is 9.97. The molecule has 0 bridgehead atoms. The third-order valence-electron chi connectivity index (χ3n) is 4.46. The predicted octanol–water partition coefficient (Wildman–Crippen LogP) is 6.69.